The second-order valence-corrected chi connectivity index (χ2v) is 9.61. The van der Waals surface area contributed by atoms with E-state index in [0.717, 1.165) is 51.6 Å². The largest absolute Gasteiger partial charge is 0.508 e. The molecule has 36 heavy (non-hydrogen) atoms. The van der Waals surface area contributed by atoms with E-state index in [0.29, 0.717) is 17.3 Å². The van der Waals surface area contributed by atoms with Gasteiger partial charge >= 0.3 is 0 Å². The van der Waals surface area contributed by atoms with E-state index in [1.165, 1.54) is 0 Å². The van der Waals surface area contributed by atoms with Crippen molar-refractivity contribution in [1.29, 1.82) is 0 Å². The Morgan fingerprint density at radius 2 is 1.81 bits per heavy atom. The van der Waals surface area contributed by atoms with Gasteiger partial charge < -0.3 is 20.5 Å². The Morgan fingerprint density at radius 3 is 2.53 bits per heavy atom. The summed E-state index contributed by atoms with van der Waals surface area (Å²) >= 11 is 0. The number of methoxy groups -OCH3 is 1. The van der Waals surface area contributed by atoms with E-state index >= 15 is 0 Å². The maximum absolute atomic E-state index is 12.8. The highest BCUT2D eigenvalue weighted by Gasteiger charge is 2.24. The number of fused-ring (bicyclic) bond motifs is 1. The molecule has 0 aliphatic heterocycles. The number of ether oxygens (including phenoxy) is 1. The van der Waals surface area contributed by atoms with E-state index in [9.17, 15) is 9.90 Å². The van der Waals surface area contributed by atoms with Crippen LogP contribution in [-0.2, 0) is 0 Å². The van der Waals surface area contributed by atoms with Crippen molar-refractivity contribution in [1.82, 2.24) is 15.3 Å². The lowest BCUT2D eigenvalue weighted by molar-refractivity contribution is 0.0951. The van der Waals surface area contributed by atoms with Crippen molar-refractivity contribution < 1.29 is 14.6 Å². The fraction of sp³-hybridized carbons (Fsp3) is 0.276. The van der Waals surface area contributed by atoms with Crippen LogP contribution in [0.15, 0.2) is 54.7 Å². The number of nitrogens with zero attached hydrogens (tertiary/aromatic N) is 2. The van der Waals surface area contributed by atoms with Crippen LogP contribution in [0, 0.1) is 6.92 Å². The normalized spacial score (nSPS) is 13.1. The van der Waals surface area contributed by atoms with Gasteiger partial charge in [-0.1, -0.05) is 6.07 Å². The second kappa shape index (κ2) is 9.49. The summed E-state index contributed by atoms with van der Waals surface area (Å²) in [5, 5.41) is 17.5. The summed E-state index contributed by atoms with van der Waals surface area (Å²) in [5.41, 5.74) is 5.80. The third-order valence-electron chi connectivity index (χ3n) is 6.31. The van der Waals surface area contributed by atoms with Crippen LogP contribution in [0.5, 0.6) is 11.5 Å². The highest BCUT2D eigenvalue weighted by molar-refractivity contribution is 6.00. The maximum atomic E-state index is 12.8. The number of nitrogens with one attached hydrogen (secondary N) is 2. The number of aromatic nitrogens is 2. The number of aromatic hydroxyl groups is 1. The molecule has 0 atom stereocenters. The van der Waals surface area contributed by atoms with Gasteiger partial charge in [0.25, 0.3) is 5.91 Å². The highest BCUT2D eigenvalue weighted by Crippen LogP contribution is 2.42. The van der Waals surface area contributed by atoms with Gasteiger partial charge in [-0.25, -0.2) is 9.97 Å². The quantitative estimate of drug-likeness (QED) is 0.313. The number of phenols is 1. The van der Waals surface area contributed by atoms with E-state index in [4.69, 9.17) is 9.72 Å². The number of carbonyl (C=O) groups is 1. The summed E-state index contributed by atoms with van der Waals surface area (Å²) in [6.45, 7) is 6.10. The molecule has 0 spiro atoms. The van der Waals surface area contributed by atoms with Crippen LogP contribution in [0.2, 0.25) is 0 Å². The van der Waals surface area contributed by atoms with Crippen molar-refractivity contribution in [3.63, 3.8) is 0 Å². The molecule has 1 saturated carbocycles. The molecule has 0 radical (unpaired) electrons. The molecule has 5 rings (SSSR count). The molecule has 3 aromatic carbocycles. The smallest absolute Gasteiger partial charge is 0.251 e. The van der Waals surface area contributed by atoms with Gasteiger partial charge in [0.05, 0.1) is 12.6 Å². The van der Waals surface area contributed by atoms with Crippen molar-refractivity contribution in [2.45, 2.75) is 45.7 Å². The Morgan fingerprint density at radius 1 is 1.03 bits per heavy atom. The molecule has 4 aromatic rings. The average Bonchev–Trinajstić information content (AvgIpc) is 3.67. The van der Waals surface area contributed by atoms with E-state index in [1.807, 2.05) is 51.1 Å². The van der Waals surface area contributed by atoms with Crippen molar-refractivity contribution >= 4 is 22.8 Å². The monoisotopic (exact) mass is 482 g/mol. The van der Waals surface area contributed by atoms with E-state index in [-0.39, 0.29) is 23.7 Å². The van der Waals surface area contributed by atoms with Crippen LogP contribution in [0.1, 0.15) is 42.6 Å². The van der Waals surface area contributed by atoms with Crippen molar-refractivity contribution in [2.75, 3.05) is 12.4 Å². The minimum absolute atomic E-state index is 0.0660. The van der Waals surface area contributed by atoms with Crippen LogP contribution in [0.3, 0.4) is 0 Å². The number of carbonyl (C=O) groups excluding carboxylic acids is 1. The molecular formula is C29H30N4O3. The first-order chi connectivity index (χ1) is 17.3. The lowest BCUT2D eigenvalue weighted by atomic mass is 9.89. The van der Waals surface area contributed by atoms with Crippen LogP contribution in [-0.4, -0.2) is 40.2 Å². The fourth-order valence-electron chi connectivity index (χ4n) is 4.31. The molecule has 1 aromatic heterocycles. The van der Waals surface area contributed by atoms with Gasteiger partial charge in [-0.3, -0.25) is 4.79 Å². The zero-order valence-electron chi connectivity index (χ0n) is 20.9. The third-order valence-corrected chi connectivity index (χ3v) is 6.31. The first kappa shape index (κ1) is 23.6. The molecular weight excluding hydrogens is 452 g/mol. The predicted molar refractivity (Wildman–Crippen MR) is 143 cm³/mol. The number of aryl methyl sites for hydroxylation is 1. The topological polar surface area (TPSA) is 96.4 Å². The van der Waals surface area contributed by atoms with Crippen LogP contribution in [0.25, 0.3) is 33.2 Å². The maximum Gasteiger partial charge on any atom is 0.251 e. The molecule has 1 aliphatic rings. The predicted octanol–water partition coefficient (Wildman–Crippen LogP) is 5.70. The van der Waals surface area contributed by atoms with Crippen molar-refractivity contribution in [2.24, 2.45) is 0 Å². The Balaban J connectivity index is 1.73. The Hall–Kier alpha value is -4.13. The SMILES string of the molecule is COc1ccc(O)cc1-c1cc2nc(NC(C)C)ncc2cc1-c1cc(C(=O)NC2CC2)ccc1C. The Bertz CT molecular complexity index is 1460. The summed E-state index contributed by atoms with van der Waals surface area (Å²) in [5.74, 6) is 1.25. The van der Waals surface area contributed by atoms with E-state index < -0.39 is 0 Å². The molecule has 0 unspecified atom stereocenters. The van der Waals surface area contributed by atoms with Crippen LogP contribution < -0.4 is 15.4 Å². The molecule has 7 heteroatoms. The first-order valence-corrected chi connectivity index (χ1v) is 12.2. The van der Waals surface area contributed by atoms with E-state index in [1.54, 1.807) is 31.5 Å². The first-order valence-electron chi connectivity index (χ1n) is 12.2. The minimum atomic E-state index is -0.0660. The standard InChI is InChI=1S/C29H30N4O3/c1-16(2)31-29-30-15-19-12-23(22-11-18(6-5-17(22)3)28(35)32-20-7-8-20)24(14-26(19)33-29)25-13-21(34)9-10-27(25)36-4/h5-6,9-16,20,34H,7-8H2,1-4H3,(H,32,35)(H,30,31,33). The number of phenolic OH excluding ortho intramolecular Hbond substituents is 1. The molecule has 1 fully saturated rings. The highest BCUT2D eigenvalue weighted by atomic mass is 16.5. The summed E-state index contributed by atoms with van der Waals surface area (Å²) < 4.78 is 5.66. The average molecular weight is 483 g/mol. The lowest BCUT2D eigenvalue weighted by Gasteiger charge is -2.18. The van der Waals surface area contributed by atoms with Gasteiger partial charge in [0.2, 0.25) is 5.95 Å². The van der Waals surface area contributed by atoms with Gasteiger partial charge in [0.1, 0.15) is 11.5 Å². The van der Waals surface area contributed by atoms with Gasteiger partial charge in [0, 0.05) is 34.8 Å². The zero-order valence-corrected chi connectivity index (χ0v) is 20.9. The number of hydrogen-bond acceptors (Lipinski definition) is 6. The molecule has 1 aliphatic carbocycles. The van der Waals surface area contributed by atoms with Gasteiger partial charge in [-0.05, 0) is 98.3 Å². The third kappa shape index (κ3) is 4.82. The fourth-order valence-corrected chi connectivity index (χ4v) is 4.31. The number of amides is 1. The Labute approximate surface area is 210 Å². The second-order valence-electron chi connectivity index (χ2n) is 9.61. The zero-order chi connectivity index (χ0) is 25.4. The Kier molecular flexibility index (Phi) is 6.22. The summed E-state index contributed by atoms with van der Waals surface area (Å²) in [4.78, 5) is 22.1. The number of benzene rings is 3. The molecule has 0 saturated heterocycles. The number of anilines is 1. The summed E-state index contributed by atoms with van der Waals surface area (Å²) in [6, 6.07) is 15.3. The molecule has 3 N–H and O–H groups in total. The molecule has 1 heterocycles. The number of rotatable bonds is 7. The molecule has 1 amide bonds. The molecule has 7 nitrogen and oxygen atoms in total. The molecule has 184 valence electrons. The van der Waals surface area contributed by atoms with Crippen molar-refractivity contribution in [3.05, 3.63) is 65.9 Å². The lowest BCUT2D eigenvalue weighted by Crippen LogP contribution is -2.25. The van der Waals surface area contributed by atoms with Gasteiger partial charge in [-0.2, -0.15) is 0 Å². The molecule has 0 bridgehead atoms. The van der Waals surface area contributed by atoms with Crippen LogP contribution in [0.4, 0.5) is 5.95 Å². The van der Waals surface area contributed by atoms with Crippen molar-refractivity contribution in [3.8, 4) is 33.8 Å². The van der Waals surface area contributed by atoms with E-state index in [2.05, 4.69) is 15.6 Å². The summed E-state index contributed by atoms with van der Waals surface area (Å²) in [7, 11) is 1.61. The van der Waals surface area contributed by atoms with Gasteiger partial charge in [-0.15, -0.1) is 0 Å². The number of hydrogen-bond donors (Lipinski definition) is 3. The summed E-state index contributed by atoms with van der Waals surface area (Å²) in [6.07, 6.45) is 3.87. The van der Waals surface area contributed by atoms with Gasteiger partial charge in [0.15, 0.2) is 0 Å². The minimum Gasteiger partial charge on any atom is -0.508 e. The van der Waals surface area contributed by atoms with Crippen LogP contribution >= 0.6 is 0 Å².